The van der Waals surface area contributed by atoms with E-state index in [1.807, 2.05) is 0 Å². The second-order valence-corrected chi connectivity index (χ2v) is 3.98. The Morgan fingerprint density at radius 3 is 1.75 bits per heavy atom. The molecule has 0 amide bonds. The van der Waals surface area contributed by atoms with Gasteiger partial charge in [0, 0.05) is 29.6 Å². The Bertz CT molecular complexity index is 137. The third-order valence-corrected chi connectivity index (χ3v) is 2.09. The fraction of sp³-hybridized carbons (Fsp3) is 1.00. The Kier molecular flexibility index (Phi) is 6.20. The maximum atomic E-state index is 9.81. The van der Waals surface area contributed by atoms with Crippen LogP contribution in [0.1, 0.15) is 6.92 Å². The van der Waals surface area contributed by atoms with Crippen molar-refractivity contribution in [1.82, 2.24) is 0 Å². The third kappa shape index (κ3) is 5.40. The molecular formula is C2H6NaO3S2. The van der Waals surface area contributed by atoms with Crippen molar-refractivity contribution in [3.8, 4) is 0 Å². The van der Waals surface area contributed by atoms with E-state index >= 15 is 0 Å². The Balaban J connectivity index is 0. The van der Waals surface area contributed by atoms with Crippen LogP contribution in [0.5, 0.6) is 0 Å². The van der Waals surface area contributed by atoms with Crippen molar-refractivity contribution in [3.05, 3.63) is 0 Å². The van der Waals surface area contributed by atoms with Gasteiger partial charge < -0.3 is 0 Å². The quantitative estimate of drug-likeness (QED) is 0.320. The van der Waals surface area contributed by atoms with Gasteiger partial charge in [-0.2, -0.15) is 21.0 Å². The van der Waals surface area contributed by atoms with Crippen LogP contribution in [0.3, 0.4) is 0 Å². The summed E-state index contributed by atoms with van der Waals surface area (Å²) in [5.41, 5.74) is 0. The van der Waals surface area contributed by atoms with Gasteiger partial charge in [0.1, 0.15) is 4.58 Å². The van der Waals surface area contributed by atoms with Gasteiger partial charge >= 0.3 is 0 Å². The first-order valence-corrected chi connectivity index (χ1v) is 3.61. The monoisotopic (exact) mass is 165 g/mol. The molecular weight excluding hydrogens is 159 g/mol. The van der Waals surface area contributed by atoms with Gasteiger partial charge in [-0.05, 0) is 6.92 Å². The van der Waals surface area contributed by atoms with Crippen LogP contribution < -0.4 is 0 Å². The van der Waals surface area contributed by atoms with Crippen molar-refractivity contribution in [2.24, 2.45) is 0 Å². The van der Waals surface area contributed by atoms with E-state index in [4.69, 9.17) is 4.55 Å². The fourth-order valence-corrected chi connectivity index (χ4v) is 0. The smallest absolute Gasteiger partial charge is 0.276 e. The van der Waals surface area contributed by atoms with Crippen LogP contribution in [0.25, 0.3) is 0 Å². The molecule has 1 atom stereocenters. The van der Waals surface area contributed by atoms with Gasteiger partial charge in [-0.1, -0.05) is 0 Å². The second kappa shape index (κ2) is 4.14. The summed E-state index contributed by atoms with van der Waals surface area (Å²) in [7, 11) is -3.88. The minimum atomic E-state index is -3.88. The zero-order valence-electron chi connectivity index (χ0n) is 4.70. The van der Waals surface area contributed by atoms with Crippen molar-refractivity contribution >= 4 is 52.3 Å². The van der Waals surface area contributed by atoms with Gasteiger partial charge in [-0.25, -0.2) is 0 Å². The minimum Gasteiger partial charge on any atom is -0.285 e. The molecule has 0 bridgehead atoms. The van der Waals surface area contributed by atoms with E-state index in [0.717, 1.165) is 0 Å². The van der Waals surface area contributed by atoms with Crippen LogP contribution in [0.2, 0.25) is 0 Å². The van der Waals surface area contributed by atoms with E-state index in [1.54, 1.807) is 0 Å². The van der Waals surface area contributed by atoms with Crippen molar-refractivity contribution in [3.63, 3.8) is 0 Å². The van der Waals surface area contributed by atoms with E-state index in [-0.39, 0.29) is 29.6 Å². The third-order valence-electron chi connectivity index (χ3n) is 0.431. The molecule has 0 fully saturated rings. The molecule has 6 heteroatoms. The molecule has 0 aliphatic heterocycles. The van der Waals surface area contributed by atoms with E-state index in [9.17, 15) is 8.42 Å². The summed E-state index contributed by atoms with van der Waals surface area (Å²) in [6, 6.07) is 0. The van der Waals surface area contributed by atoms with Crippen molar-refractivity contribution < 1.29 is 13.0 Å². The molecule has 1 unspecified atom stereocenters. The molecule has 0 heterocycles. The van der Waals surface area contributed by atoms with E-state index in [1.165, 1.54) is 6.92 Å². The Morgan fingerprint density at radius 1 is 1.62 bits per heavy atom. The standard InChI is InChI=1S/C2H6O3S2.Na/c1-2(6)7(3,4)5;/h2,6H,1H3,(H,3,4,5);. The number of rotatable bonds is 1. The molecule has 0 aliphatic rings. The molecule has 0 saturated heterocycles. The molecule has 0 aliphatic carbocycles. The summed E-state index contributed by atoms with van der Waals surface area (Å²) in [6.45, 7) is 1.28. The zero-order chi connectivity index (χ0) is 6.08. The Labute approximate surface area is 76.3 Å². The molecule has 0 spiro atoms. The van der Waals surface area contributed by atoms with Crippen LogP contribution >= 0.6 is 12.6 Å². The van der Waals surface area contributed by atoms with Gasteiger partial charge in [-0.15, -0.1) is 0 Å². The first kappa shape index (κ1) is 12.0. The molecule has 8 heavy (non-hydrogen) atoms. The summed E-state index contributed by atoms with van der Waals surface area (Å²) in [4.78, 5) is 0. The number of thiol groups is 1. The average molecular weight is 165 g/mol. The normalized spacial score (nSPS) is 14.4. The SMILES string of the molecule is CC(S)S(=O)(=O)O.[Na]. The Morgan fingerprint density at radius 2 is 1.75 bits per heavy atom. The molecule has 3 nitrogen and oxygen atoms in total. The topological polar surface area (TPSA) is 54.4 Å². The molecule has 45 valence electrons. The van der Waals surface area contributed by atoms with Crippen molar-refractivity contribution in [2.45, 2.75) is 11.5 Å². The van der Waals surface area contributed by atoms with E-state index in [0.29, 0.717) is 0 Å². The molecule has 1 radical (unpaired) electrons. The van der Waals surface area contributed by atoms with Crippen molar-refractivity contribution in [1.29, 1.82) is 0 Å². The summed E-state index contributed by atoms with van der Waals surface area (Å²) < 4.78 is 26.6. The van der Waals surface area contributed by atoms with Gasteiger partial charge in [0.25, 0.3) is 10.1 Å². The maximum Gasteiger partial charge on any atom is 0.276 e. The van der Waals surface area contributed by atoms with Gasteiger partial charge in [0.15, 0.2) is 0 Å². The summed E-state index contributed by atoms with van der Waals surface area (Å²) in [5.74, 6) is 0. The Hall–Kier alpha value is 1.26. The first-order chi connectivity index (χ1) is 2.94. The molecule has 0 aromatic heterocycles. The van der Waals surface area contributed by atoms with Crippen LogP contribution in [0.4, 0.5) is 0 Å². The summed E-state index contributed by atoms with van der Waals surface area (Å²) in [6.07, 6.45) is 0. The van der Waals surface area contributed by atoms with Crippen LogP contribution in [0, 0.1) is 0 Å². The van der Waals surface area contributed by atoms with Crippen LogP contribution in [0.15, 0.2) is 0 Å². The van der Waals surface area contributed by atoms with E-state index < -0.39 is 14.7 Å². The molecule has 0 aromatic carbocycles. The fourth-order valence-electron chi connectivity index (χ4n) is 0. The number of hydrogen-bond acceptors (Lipinski definition) is 3. The van der Waals surface area contributed by atoms with Gasteiger partial charge in [0.05, 0.1) is 0 Å². The molecule has 0 rings (SSSR count). The predicted octanol–water partition coefficient (Wildman–Crippen LogP) is -0.231. The summed E-state index contributed by atoms with van der Waals surface area (Å²) >= 11 is 3.44. The molecule has 1 N–H and O–H groups in total. The zero-order valence-corrected chi connectivity index (χ0v) is 8.41. The second-order valence-electron chi connectivity index (χ2n) is 1.11. The van der Waals surface area contributed by atoms with Gasteiger partial charge in [0.2, 0.25) is 0 Å². The number of hydrogen-bond donors (Lipinski definition) is 2. The predicted molar refractivity (Wildman–Crippen MR) is 35.8 cm³/mol. The van der Waals surface area contributed by atoms with Crippen LogP contribution in [-0.4, -0.2) is 47.1 Å². The minimum absolute atomic E-state index is 0. The van der Waals surface area contributed by atoms with Gasteiger partial charge in [-0.3, -0.25) is 4.55 Å². The van der Waals surface area contributed by atoms with Crippen LogP contribution in [-0.2, 0) is 10.1 Å². The largest absolute Gasteiger partial charge is 0.285 e. The van der Waals surface area contributed by atoms with Crippen molar-refractivity contribution in [2.75, 3.05) is 0 Å². The first-order valence-electron chi connectivity index (χ1n) is 1.59. The summed E-state index contributed by atoms with van der Waals surface area (Å²) in [5, 5.41) is 0. The maximum absolute atomic E-state index is 9.81. The average Bonchev–Trinajstić information content (AvgIpc) is 1.31. The molecule has 0 aromatic rings. The molecule has 0 saturated carbocycles. The van der Waals surface area contributed by atoms with E-state index in [2.05, 4.69) is 12.6 Å².